The molecule has 2 unspecified atom stereocenters. The quantitative estimate of drug-likeness (QED) is 0.546. The van der Waals surface area contributed by atoms with Crippen molar-refractivity contribution in [1.29, 1.82) is 0 Å². The molecule has 1 saturated heterocycles. The van der Waals surface area contributed by atoms with E-state index < -0.39 is 5.50 Å². The van der Waals surface area contributed by atoms with Crippen LogP contribution in [0.15, 0.2) is 24.3 Å². The molecule has 0 bridgehead atoms. The Morgan fingerprint density at radius 2 is 2.00 bits per heavy atom. The average Bonchev–Trinajstić information content (AvgIpc) is 2.59. The molecule has 4 N–H and O–H groups in total. The third-order valence-corrected chi connectivity index (χ3v) is 4.62. The van der Waals surface area contributed by atoms with E-state index in [1.807, 2.05) is 0 Å². The van der Waals surface area contributed by atoms with Crippen LogP contribution in [0.25, 0.3) is 0 Å². The first kappa shape index (κ1) is 19.2. The van der Waals surface area contributed by atoms with Gasteiger partial charge in [0.1, 0.15) is 11.3 Å². The van der Waals surface area contributed by atoms with Gasteiger partial charge in [-0.3, -0.25) is 19.7 Å². The highest BCUT2D eigenvalue weighted by Gasteiger charge is 2.27. The lowest BCUT2D eigenvalue weighted by Gasteiger charge is -2.30. The van der Waals surface area contributed by atoms with Crippen molar-refractivity contribution in [2.45, 2.75) is 30.9 Å². The highest BCUT2D eigenvalue weighted by Crippen LogP contribution is 2.14. The fourth-order valence-electron chi connectivity index (χ4n) is 2.30. The van der Waals surface area contributed by atoms with E-state index >= 15 is 0 Å². The van der Waals surface area contributed by atoms with Crippen molar-refractivity contribution >= 4 is 29.5 Å². The molecule has 7 nitrogen and oxygen atoms in total. The van der Waals surface area contributed by atoms with Gasteiger partial charge < -0.3 is 16.0 Å². The second-order valence-electron chi connectivity index (χ2n) is 5.61. The molecule has 25 heavy (non-hydrogen) atoms. The number of carbonyl (C=O) groups excluding carboxylic acids is 3. The number of thioether (sulfide) groups is 1. The highest BCUT2D eigenvalue weighted by molar-refractivity contribution is 8.00. The van der Waals surface area contributed by atoms with E-state index in [2.05, 4.69) is 21.3 Å². The number of nitrogens with one attached hydrogen (secondary N) is 4. The van der Waals surface area contributed by atoms with Gasteiger partial charge >= 0.3 is 0 Å². The number of rotatable bonds is 7. The van der Waals surface area contributed by atoms with Crippen LogP contribution in [-0.2, 0) is 20.9 Å². The molecule has 3 amide bonds. The number of carbonyl (C=O) groups is 3. The molecule has 0 radical (unpaired) electrons. The van der Waals surface area contributed by atoms with Crippen molar-refractivity contribution in [3.05, 3.63) is 35.6 Å². The number of hydrogen-bond acceptors (Lipinski definition) is 5. The van der Waals surface area contributed by atoms with Gasteiger partial charge in [0.05, 0.1) is 5.75 Å². The second-order valence-corrected chi connectivity index (χ2v) is 6.70. The van der Waals surface area contributed by atoms with Crippen molar-refractivity contribution in [2.75, 3.05) is 12.8 Å². The van der Waals surface area contributed by atoms with E-state index in [-0.39, 0.29) is 48.2 Å². The Hall–Kier alpha value is -2.13. The SMILES string of the molecule is CNC(=O)CC1CC(=O)NC(SCC(=O)NCc2ccc(F)cc2)N1. The maximum Gasteiger partial charge on any atom is 0.230 e. The van der Waals surface area contributed by atoms with E-state index in [9.17, 15) is 18.8 Å². The Labute approximate surface area is 149 Å². The molecule has 1 fully saturated rings. The van der Waals surface area contributed by atoms with Crippen LogP contribution in [0.4, 0.5) is 4.39 Å². The van der Waals surface area contributed by atoms with E-state index in [0.717, 1.165) is 5.56 Å². The fraction of sp³-hybridized carbons (Fsp3) is 0.438. The van der Waals surface area contributed by atoms with E-state index in [0.29, 0.717) is 6.54 Å². The summed E-state index contributed by atoms with van der Waals surface area (Å²) in [5.74, 6) is -0.675. The molecule has 0 aromatic heterocycles. The summed E-state index contributed by atoms with van der Waals surface area (Å²) in [5, 5.41) is 11.1. The van der Waals surface area contributed by atoms with Gasteiger partial charge in [-0.15, -0.1) is 11.8 Å². The first-order valence-electron chi connectivity index (χ1n) is 7.85. The molecule has 2 rings (SSSR count). The normalized spacial score (nSPS) is 19.8. The van der Waals surface area contributed by atoms with Crippen LogP contribution in [0.1, 0.15) is 18.4 Å². The summed E-state index contributed by atoms with van der Waals surface area (Å²) in [6.45, 7) is 0.309. The second kappa shape index (κ2) is 9.38. The zero-order valence-electron chi connectivity index (χ0n) is 13.8. The number of hydrogen-bond donors (Lipinski definition) is 4. The Bertz CT molecular complexity index is 626. The van der Waals surface area contributed by atoms with Gasteiger partial charge in [0.2, 0.25) is 17.7 Å². The van der Waals surface area contributed by atoms with Crippen LogP contribution in [0, 0.1) is 5.82 Å². The summed E-state index contributed by atoms with van der Waals surface area (Å²) < 4.78 is 12.8. The maximum absolute atomic E-state index is 12.8. The molecule has 136 valence electrons. The Morgan fingerprint density at radius 3 is 2.68 bits per heavy atom. The molecule has 1 aliphatic rings. The summed E-state index contributed by atoms with van der Waals surface area (Å²) in [5.41, 5.74) is 0.377. The minimum absolute atomic E-state index is 0.145. The van der Waals surface area contributed by atoms with Crippen molar-refractivity contribution in [3.8, 4) is 0 Å². The van der Waals surface area contributed by atoms with Crippen LogP contribution in [0.3, 0.4) is 0 Å². The predicted molar refractivity (Wildman–Crippen MR) is 92.9 cm³/mol. The highest BCUT2D eigenvalue weighted by atomic mass is 32.2. The van der Waals surface area contributed by atoms with E-state index in [1.165, 1.54) is 23.9 Å². The van der Waals surface area contributed by atoms with Gasteiger partial charge in [0, 0.05) is 32.5 Å². The average molecular weight is 368 g/mol. The van der Waals surface area contributed by atoms with Gasteiger partial charge in [-0.2, -0.15) is 0 Å². The van der Waals surface area contributed by atoms with Crippen LogP contribution < -0.4 is 21.3 Å². The first-order valence-corrected chi connectivity index (χ1v) is 8.90. The molecule has 1 aromatic carbocycles. The van der Waals surface area contributed by atoms with Gasteiger partial charge in [-0.05, 0) is 17.7 Å². The first-order chi connectivity index (χ1) is 12.0. The van der Waals surface area contributed by atoms with E-state index in [1.54, 1.807) is 19.2 Å². The Kier molecular flexibility index (Phi) is 7.20. The summed E-state index contributed by atoms with van der Waals surface area (Å²) in [6.07, 6.45) is 0.430. The van der Waals surface area contributed by atoms with Crippen LogP contribution >= 0.6 is 11.8 Å². The molecule has 2 atom stereocenters. The van der Waals surface area contributed by atoms with Gasteiger partial charge in [-0.1, -0.05) is 12.1 Å². The summed E-state index contributed by atoms with van der Waals surface area (Å²) in [7, 11) is 1.54. The van der Waals surface area contributed by atoms with Crippen molar-refractivity contribution in [1.82, 2.24) is 21.3 Å². The smallest absolute Gasteiger partial charge is 0.230 e. The zero-order valence-corrected chi connectivity index (χ0v) is 14.6. The molecule has 1 aromatic rings. The predicted octanol–water partition coefficient (Wildman–Crippen LogP) is 0.0729. The van der Waals surface area contributed by atoms with Gasteiger partial charge in [-0.25, -0.2) is 4.39 Å². The number of halogens is 1. The lowest BCUT2D eigenvalue weighted by atomic mass is 10.1. The molecular weight excluding hydrogens is 347 g/mol. The van der Waals surface area contributed by atoms with Gasteiger partial charge in [0.15, 0.2) is 0 Å². The van der Waals surface area contributed by atoms with Crippen molar-refractivity contribution < 1.29 is 18.8 Å². The molecule has 0 spiro atoms. The standard InChI is InChI=1S/C16H21FN4O3S/c1-18-13(22)6-12-7-14(23)21-16(20-12)25-9-15(24)19-8-10-2-4-11(17)5-3-10/h2-5,12,16,20H,6-9H2,1H3,(H,18,22)(H,19,24)(H,21,23). The van der Waals surface area contributed by atoms with E-state index in [4.69, 9.17) is 0 Å². The summed E-state index contributed by atoms with van der Waals surface area (Å²) in [6, 6.07) is 5.63. The minimum Gasteiger partial charge on any atom is -0.359 e. The fourth-order valence-corrected chi connectivity index (χ4v) is 3.23. The lowest BCUT2D eigenvalue weighted by molar-refractivity contribution is -0.125. The molecule has 1 aliphatic heterocycles. The zero-order chi connectivity index (χ0) is 18.2. The topological polar surface area (TPSA) is 99.3 Å². The van der Waals surface area contributed by atoms with Crippen LogP contribution in [0.5, 0.6) is 0 Å². The molecular formula is C16H21FN4O3S. The Balaban J connectivity index is 1.73. The molecule has 0 aliphatic carbocycles. The lowest BCUT2D eigenvalue weighted by Crippen LogP contribution is -2.56. The molecule has 1 heterocycles. The van der Waals surface area contributed by atoms with Crippen molar-refractivity contribution in [2.24, 2.45) is 0 Å². The summed E-state index contributed by atoms with van der Waals surface area (Å²) in [4.78, 5) is 35.0. The number of amides is 3. The molecule has 9 heteroatoms. The van der Waals surface area contributed by atoms with Gasteiger partial charge in [0.25, 0.3) is 0 Å². The maximum atomic E-state index is 12.8. The van der Waals surface area contributed by atoms with Crippen molar-refractivity contribution in [3.63, 3.8) is 0 Å². The van der Waals surface area contributed by atoms with Crippen LogP contribution in [-0.4, -0.2) is 42.1 Å². The Morgan fingerprint density at radius 1 is 1.28 bits per heavy atom. The monoisotopic (exact) mass is 368 g/mol. The summed E-state index contributed by atoms with van der Waals surface area (Å²) >= 11 is 1.24. The van der Waals surface area contributed by atoms with Crippen LogP contribution in [0.2, 0.25) is 0 Å². The third kappa shape index (κ3) is 6.71. The largest absolute Gasteiger partial charge is 0.359 e. The molecule has 0 saturated carbocycles. The third-order valence-electron chi connectivity index (χ3n) is 3.61. The number of benzene rings is 1. The minimum atomic E-state index is -0.424.